The number of carbonyl (C=O) groups excluding carboxylic acids is 1. The molecule has 8 nitrogen and oxygen atoms in total. The highest BCUT2D eigenvalue weighted by atomic mass is 19.4. The van der Waals surface area contributed by atoms with Crippen molar-refractivity contribution >= 4 is 11.7 Å². The highest BCUT2D eigenvalue weighted by molar-refractivity contribution is 5.78. The maximum Gasteiger partial charge on any atom is 0.421 e. The predicted octanol–water partition coefficient (Wildman–Crippen LogP) is 1.95. The van der Waals surface area contributed by atoms with Crippen molar-refractivity contribution in [1.29, 1.82) is 0 Å². The highest BCUT2D eigenvalue weighted by Crippen LogP contribution is 2.33. The number of amides is 1. The summed E-state index contributed by atoms with van der Waals surface area (Å²) in [5.41, 5.74) is -2.56. The van der Waals surface area contributed by atoms with Crippen molar-refractivity contribution in [2.75, 3.05) is 44.2 Å². The van der Waals surface area contributed by atoms with Gasteiger partial charge in [0.1, 0.15) is 11.4 Å². The summed E-state index contributed by atoms with van der Waals surface area (Å²) in [5.74, 6) is -1.74. The van der Waals surface area contributed by atoms with Gasteiger partial charge >= 0.3 is 6.18 Å². The smallest absolute Gasteiger partial charge is 0.351 e. The number of piperazine rings is 1. The van der Waals surface area contributed by atoms with Crippen molar-refractivity contribution in [2.24, 2.45) is 0 Å². The molecule has 1 atom stereocenters. The van der Waals surface area contributed by atoms with E-state index in [4.69, 9.17) is 0 Å². The molecule has 4 rings (SSSR count). The Balaban J connectivity index is 1.39. The summed E-state index contributed by atoms with van der Waals surface area (Å²) in [4.78, 5) is 33.1. The Morgan fingerprint density at radius 3 is 2.52 bits per heavy atom. The minimum atomic E-state index is -4.80. The van der Waals surface area contributed by atoms with Crippen molar-refractivity contribution in [3.8, 4) is 0 Å². The van der Waals surface area contributed by atoms with E-state index < -0.39 is 35.0 Å². The quantitative estimate of drug-likeness (QED) is 0.685. The molecule has 2 aromatic heterocycles. The van der Waals surface area contributed by atoms with Crippen LogP contribution in [0.1, 0.15) is 30.1 Å². The van der Waals surface area contributed by atoms with Crippen LogP contribution in [0.25, 0.3) is 0 Å². The van der Waals surface area contributed by atoms with Gasteiger partial charge in [-0.3, -0.25) is 14.5 Å². The van der Waals surface area contributed by atoms with E-state index in [1.54, 1.807) is 14.7 Å². The standard InChI is InChI=1S/C20H21F5N6O2/c21-12-8-14(22)18(26-10-12)30-6-4-29(5-7-30)17(32)11-31-3-1-2-16(31)15-9-13(20(23,24)25)19(33)28-27-15/h8-10,16H,1-7,11H2,(H,28,33). The van der Waals surface area contributed by atoms with Crippen LogP contribution >= 0.6 is 0 Å². The number of nitrogens with zero attached hydrogens (tertiary/aromatic N) is 5. The molecule has 0 spiro atoms. The first kappa shape index (κ1) is 23.1. The van der Waals surface area contributed by atoms with Gasteiger partial charge in [-0.2, -0.15) is 18.3 Å². The number of pyridine rings is 1. The van der Waals surface area contributed by atoms with Gasteiger partial charge in [0.25, 0.3) is 5.56 Å². The first-order valence-electron chi connectivity index (χ1n) is 10.4. The van der Waals surface area contributed by atoms with Gasteiger partial charge in [-0.05, 0) is 25.5 Å². The number of nitrogens with one attached hydrogen (secondary N) is 1. The monoisotopic (exact) mass is 472 g/mol. The average molecular weight is 472 g/mol. The van der Waals surface area contributed by atoms with Gasteiger partial charge in [-0.15, -0.1) is 0 Å². The van der Waals surface area contributed by atoms with E-state index in [1.165, 1.54) is 0 Å². The van der Waals surface area contributed by atoms with E-state index in [2.05, 4.69) is 10.1 Å². The first-order valence-corrected chi connectivity index (χ1v) is 10.4. The third kappa shape index (κ3) is 4.97. The lowest BCUT2D eigenvalue weighted by Crippen LogP contribution is -2.51. The number of likely N-dealkylation sites (tertiary alicyclic amines) is 1. The molecule has 33 heavy (non-hydrogen) atoms. The predicted molar refractivity (Wildman–Crippen MR) is 106 cm³/mol. The Kier molecular flexibility index (Phi) is 6.32. The number of hydrogen-bond donors (Lipinski definition) is 1. The van der Waals surface area contributed by atoms with Crippen LogP contribution < -0.4 is 10.5 Å². The van der Waals surface area contributed by atoms with Gasteiger partial charge in [0.05, 0.1) is 24.5 Å². The molecule has 2 aliphatic heterocycles. The Morgan fingerprint density at radius 2 is 1.85 bits per heavy atom. The lowest BCUT2D eigenvalue weighted by atomic mass is 10.1. The van der Waals surface area contributed by atoms with Gasteiger partial charge in [-0.25, -0.2) is 18.9 Å². The Morgan fingerprint density at radius 1 is 1.12 bits per heavy atom. The molecule has 0 aliphatic carbocycles. The summed E-state index contributed by atoms with van der Waals surface area (Å²) in [5, 5.41) is 5.69. The molecule has 2 aromatic rings. The molecule has 0 bridgehead atoms. The minimum absolute atomic E-state index is 0.0179. The van der Waals surface area contributed by atoms with Crippen molar-refractivity contribution in [2.45, 2.75) is 25.1 Å². The summed E-state index contributed by atoms with van der Waals surface area (Å²) in [6.07, 6.45) is -2.70. The number of alkyl halides is 3. The number of hydrogen-bond acceptors (Lipinski definition) is 6. The third-order valence-corrected chi connectivity index (χ3v) is 5.89. The van der Waals surface area contributed by atoms with E-state index >= 15 is 0 Å². The second-order valence-corrected chi connectivity index (χ2v) is 7.99. The van der Waals surface area contributed by atoms with Crippen LogP contribution in [0.15, 0.2) is 23.1 Å². The number of aromatic amines is 1. The first-order chi connectivity index (χ1) is 15.6. The molecule has 4 heterocycles. The van der Waals surface area contributed by atoms with Gasteiger partial charge in [0.15, 0.2) is 11.6 Å². The number of carbonyl (C=O) groups is 1. The molecule has 1 unspecified atom stereocenters. The number of rotatable bonds is 4. The van der Waals surface area contributed by atoms with E-state index in [-0.39, 0.29) is 24.0 Å². The van der Waals surface area contributed by atoms with Gasteiger partial charge in [-0.1, -0.05) is 0 Å². The lowest BCUT2D eigenvalue weighted by Gasteiger charge is -2.36. The van der Waals surface area contributed by atoms with Crippen LogP contribution in [-0.4, -0.2) is 70.2 Å². The highest BCUT2D eigenvalue weighted by Gasteiger charge is 2.37. The second kappa shape index (κ2) is 9.04. The Hall–Kier alpha value is -3.09. The van der Waals surface area contributed by atoms with Crippen LogP contribution in [0.4, 0.5) is 27.8 Å². The summed E-state index contributed by atoms with van der Waals surface area (Å²) in [7, 11) is 0. The summed E-state index contributed by atoms with van der Waals surface area (Å²) in [6.45, 7) is 1.69. The van der Waals surface area contributed by atoms with Gasteiger partial charge in [0.2, 0.25) is 5.91 Å². The molecule has 0 aromatic carbocycles. The molecule has 0 saturated carbocycles. The van der Waals surface area contributed by atoms with Crippen LogP contribution in [0, 0.1) is 11.6 Å². The van der Waals surface area contributed by atoms with Crippen molar-refractivity contribution < 1.29 is 26.7 Å². The second-order valence-electron chi connectivity index (χ2n) is 7.99. The molecule has 2 aliphatic rings. The molecule has 1 N–H and O–H groups in total. The Labute approximate surface area is 185 Å². The number of anilines is 1. The molecule has 2 saturated heterocycles. The van der Waals surface area contributed by atoms with Gasteiger partial charge in [0, 0.05) is 32.2 Å². The van der Waals surface area contributed by atoms with Gasteiger partial charge < -0.3 is 9.80 Å². The van der Waals surface area contributed by atoms with Crippen molar-refractivity contribution in [3.05, 3.63) is 51.6 Å². The van der Waals surface area contributed by atoms with Crippen LogP contribution in [0.5, 0.6) is 0 Å². The fraction of sp³-hybridized carbons (Fsp3) is 0.500. The number of H-pyrrole nitrogens is 1. The number of halogens is 5. The number of aromatic nitrogens is 3. The van der Waals surface area contributed by atoms with Crippen molar-refractivity contribution in [3.63, 3.8) is 0 Å². The minimum Gasteiger partial charge on any atom is -0.351 e. The van der Waals surface area contributed by atoms with Crippen molar-refractivity contribution in [1.82, 2.24) is 25.0 Å². The van der Waals surface area contributed by atoms with Crippen LogP contribution in [-0.2, 0) is 11.0 Å². The normalized spacial score (nSPS) is 19.8. The lowest BCUT2D eigenvalue weighted by molar-refractivity contribution is -0.139. The molecular weight excluding hydrogens is 451 g/mol. The van der Waals surface area contributed by atoms with Crippen LogP contribution in [0.2, 0.25) is 0 Å². The third-order valence-electron chi connectivity index (χ3n) is 5.89. The van der Waals surface area contributed by atoms with E-state index in [1.807, 2.05) is 5.10 Å². The SMILES string of the molecule is O=C(CN1CCCC1c1cc(C(F)(F)F)c(=O)[nH]n1)N1CCN(c2ncc(F)cc2F)CC1. The zero-order valence-electron chi connectivity index (χ0n) is 17.4. The Bertz CT molecular complexity index is 1080. The molecule has 1 amide bonds. The zero-order valence-corrected chi connectivity index (χ0v) is 17.4. The molecule has 13 heteroatoms. The molecular formula is C20H21F5N6O2. The molecule has 178 valence electrons. The average Bonchev–Trinajstić information content (AvgIpc) is 3.21. The largest absolute Gasteiger partial charge is 0.421 e. The fourth-order valence-electron chi connectivity index (χ4n) is 4.23. The molecule has 0 radical (unpaired) electrons. The van der Waals surface area contributed by atoms with Crippen LogP contribution in [0.3, 0.4) is 0 Å². The van der Waals surface area contributed by atoms with E-state index in [0.717, 1.165) is 18.3 Å². The summed E-state index contributed by atoms with van der Waals surface area (Å²) in [6, 6.07) is 0.975. The fourth-order valence-corrected chi connectivity index (χ4v) is 4.23. The van der Waals surface area contributed by atoms with E-state index in [0.29, 0.717) is 45.6 Å². The molecule has 2 fully saturated rings. The summed E-state index contributed by atoms with van der Waals surface area (Å²) < 4.78 is 66.3. The van der Waals surface area contributed by atoms with E-state index in [9.17, 15) is 31.5 Å². The summed E-state index contributed by atoms with van der Waals surface area (Å²) >= 11 is 0. The zero-order chi connectivity index (χ0) is 23.8. The maximum absolute atomic E-state index is 14.0. The maximum atomic E-state index is 14.0. The topological polar surface area (TPSA) is 85.4 Å².